The van der Waals surface area contributed by atoms with Crippen LogP contribution in [0.3, 0.4) is 0 Å². The van der Waals surface area contributed by atoms with Gasteiger partial charge in [0.1, 0.15) is 0 Å². The van der Waals surface area contributed by atoms with Gasteiger partial charge < -0.3 is 10.6 Å². The van der Waals surface area contributed by atoms with E-state index in [1.165, 1.54) is 11.3 Å². The van der Waals surface area contributed by atoms with Crippen LogP contribution in [0, 0.1) is 0 Å². The van der Waals surface area contributed by atoms with Crippen molar-refractivity contribution >= 4 is 33.8 Å². The maximum atomic E-state index is 5.07. The highest BCUT2D eigenvalue weighted by Crippen LogP contribution is 2.09. The van der Waals surface area contributed by atoms with E-state index in [4.69, 9.17) is 12.2 Å². The number of rotatable bonds is 5. The van der Waals surface area contributed by atoms with E-state index in [1.54, 1.807) is 6.20 Å². The van der Waals surface area contributed by atoms with Gasteiger partial charge in [0.15, 0.2) is 10.2 Å². The Morgan fingerprint density at radius 1 is 1.71 bits per heavy atom. The lowest BCUT2D eigenvalue weighted by Crippen LogP contribution is -2.29. The van der Waals surface area contributed by atoms with Crippen LogP contribution in [0.1, 0.15) is 12.8 Å². The third kappa shape index (κ3) is 4.34. The van der Waals surface area contributed by atoms with E-state index in [-0.39, 0.29) is 0 Å². The molecule has 0 aromatic carbocycles. The summed E-state index contributed by atoms with van der Waals surface area (Å²) in [5, 5.41) is 9.46. The monoisotopic (exact) mass is 227 g/mol. The van der Waals surface area contributed by atoms with Gasteiger partial charge in [-0.2, -0.15) is 0 Å². The number of allylic oxidation sites excluding steroid dienone is 1. The Balaban J connectivity index is 2.13. The lowest BCUT2D eigenvalue weighted by atomic mass is 10.3. The van der Waals surface area contributed by atoms with Crippen molar-refractivity contribution < 1.29 is 0 Å². The van der Waals surface area contributed by atoms with Gasteiger partial charge in [-0.15, -0.1) is 17.9 Å². The summed E-state index contributed by atoms with van der Waals surface area (Å²) in [7, 11) is 0. The number of thiocarbonyl (C=S) groups is 1. The van der Waals surface area contributed by atoms with Crippen LogP contribution >= 0.6 is 23.6 Å². The zero-order valence-corrected chi connectivity index (χ0v) is 9.46. The first-order valence-electron chi connectivity index (χ1n) is 4.38. The predicted octanol–water partition coefficient (Wildman–Crippen LogP) is 2.40. The minimum absolute atomic E-state index is 0.629. The molecular formula is C9H13N3S2. The van der Waals surface area contributed by atoms with Crippen molar-refractivity contribution in [3.05, 3.63) is 24.2 Å². The van der Waals surface area contributed by atoms with Gasteiger partial charge in [-0.1, -0.05) is 6.08 Å². The molecule has 0 aliphatic carbocycles. The molecule has 1 rings (SSSR count). The summed E-state index contributed by atoms with van der Waals surface area (Å²) in [6, 6.07) is 0. The van der Waals surface area contributed by atoms with Crippen LogP contribution in [-0.2, 0) is 0 Å². The van der Waals surface area contributed by atoms with Crippen LogP contribution in [0.4, 0.5) is 5.13 Å². The summed E-state index contributed by atoms with van der Waals surface area (Å²) in [6.45, 7) is 4.52. The maximum absolute atomic E-state index is 5.07. The molecule has 0 fully saturated rings. The summed E-state index contributed by atoms with van der Waals surface area (Å²) in [6.07, 6.45) is 5.70. The molecule has 0 atom stereocenters. The SMILES string of the molecule is C=CCCCNC(=S)Nc1nccs1. The molecular weight excluding hydrogens is 214 g/mol. The van der Waals surface area contributed by atoms with E-state index >= 15 is 0 Å². The molecule has 0 aliphatic heterocycles. The lowest BCUT2D eigenvalue weighted by molar-refractivity contribution is 0.794. The molecule has 0 spiro atoms. The van der Waals surface area contributed by atoms with Gasteiger partial charge >= 0.3 is 0 Å². The number of aromatic nitrogens is 1. The van der Waals surface area contributed by atoms with Crippen molar-refractivity contribution in [1.82, 2.24) is 10.3 Å². The highest BCUT2D eigenvalue weighted by molar-refractivity contribution is 7.80. The topological polar surface area (TPSA) is 37.0 Å². The third-order valence-electron chi connectivity index (χ3n) is 1.52. The van der Waals surface area contributed by atoms with Crippen LogP contribution < -0.4 is 10.6 Å². The van der Waals surface area contributed by atoms with E-state index in [1.807, 2.05) is 11.5 Å². The molecule has 0 radical (unpaired) electrons. The lowest BCUT2D eigenvalue weighted by Gasteiger charge is -2.06. The van der Waals surface area contributed by atoms with E-state index < -0.39 is 0 Å². The fraction of sp³-hybridized carbons (Fsp3) is 0.333. The molecule has 2 N–H and O–H groups in total. The second kappa shape index (κ2) is 6.50. The van der Waals surface area contributed by atoms with Gasteiger partial charge in [0.05, 0.1) is 0 Å². The van der Waals surface area contributed by atoms with Gasteiger partial charge in [-0.25, -0.2) is 4.98 Å². The minimum Gasteiger partial charge on any atom is -0.362 e. The first-order chi connectivity index (χ1) is 6.83. The molecule has 0 amide bonds. The normalized spacial score (nSPS) is 9.43. The highest BCUT2D eigenvalue weighted by atomic mass is 32.1. The molecule has 1 aromatic heterocycles. The van der Waals surface area contributed by atoms with Crippen molar-refractivity contribution in [2.45, 2.75) is 12.8 Å². The number of nitrogens with one attached hydrogen (secondary N) is 2. The Hall–Kier alpha value is -0.940. The van der Waals surface area contributed by atoms with Crippen molar-refractivity contribution in [2.24, 2.45) is 0 Å². The average Bonchev–Trinajstić information content (AvgIpc) is 2.65. The Morgan fingerprint density at radius 3 is 3.21 bits per heavy atom. The van der Waals surface area contributed by atoms with Gasteiger partial charge in [-0.05, 0) is 25.1 Å². The maximum Gasteiger partial charge on any atom is 0.188 e. The van der Waals surface area contributed by atoms with Gasteiger partial charge in [0.25, 0.3) is 0 Å². The smallest absolute Gasteiger partial charge is 0.188 e. The number of anilines is 1. The number of hydrogen-bond acceptors (Lipinski definition) is 3. The molecule has 14 heavy (non-hydrogen) atoms. The van der Waals surface area contributed by atoms with E-state index in [9.17, 15) is 0 Å². The van der Waals surface area contributed by atoms with Crippen molar-refractivity contribution in [2.75, 3.05) is 11.9 Å². The standard InChI is InChI=1S/C9H13N3S2/c1-2-3-4-5-10-8(13)12-9-11-6-7-14-9/h2,6-7H,1,3-5H2,(H2,10,11,12,13). The molecule has 1 heterocycles. The number of nitrogens with zero attached hydrogens (tertiary/aromatic N) is 1. The molecule has 1 aromatic rings. The van der Waals surface area contributed by atoms with Crippen molar-refractivity contribution in [3.63, 3.8) is 0 Å². The van der Waals surface area contributed by atoms with E-state index in [2.05, 4.69) is 22.2 Å². The van der Waals surface area contributed by atoms with Crippen molar-refractivity contribution in [3.8, 4) is 0 Å². The molecule has 0 unspecified atom stereocenters. The predicted molar refractivity (Wildman–Crippen MR) is 65.8 cm³/mol. The largest absolute Gasteiger partial charge is 0.362 e. The summed E-state index contributed by atoms with van der Waals surface area (Å²) >= 11 is 6.60. The van der Waals surface area contributed by atoms with Crippen molar-refractivity contribution in [1.29, 1.82) is 0 Å². The summed E-state index contributed by atoms with van der Waals surface area (Å²) < 4.78 is 0. The van der Waals surface area contributed by atoms with Gasteiger partial charge in [0.2, 0.25) is 0 Å². The first kappa shape index (κ1) is 11.1. The summed E-state index contributed by atoms with van der Waals surface area (Å²) in [5.41, 5.74) is 0. The fourth-order valence-electron chi connectivity index (χ4n) is 0.875. The molecule has 0 bridgehead atoms. The van der Waals surface area contributed by atoms with Crippen LogP contribution in [0.5, 0.6) is 0 Å². The van der Waals surface area contributed by atoms with Crippen LogP contribution in [0.15, 0.2) is 24.2 Å². The number of hydrogen-bond donors (Lipinski definition) is 2. The Labute approximate surface area is 93.2 Å². The zero-order valence-electron chi connectivity index (χ0n) is 7.82. The quantitative estimate of drug-likeness (QED) is 0.460. The number of thiazole rings is 1. The molecule has 5 heteroatoms. The van der Waals surface area contributed by atoms with Crippen LogP contribution in [0.25, 0.3) is 0 Å². The van der Waals surface area contributed by atoms with Gasteiger partial charge in [0, 0.05) is 18.1 Å². The molecule has 76 valence electrons. The molecule has 0 saturated carbocycles. The second-order valence-corrected chi connectivity index (χ2v) is 3.95. The van der Waals surface area contributed by atoms with Crippen LogP contribution in [0.2, 0.25) is 0 Å². The summed E-state index contributed by atoms with van der Waals surface area (Å²) in [4.78, 5) is 4.06. The third-order valence-corrected chi connectivity index (χ3v) is 2.46. The summed E-state index contributed by atoms with van der Waals surface area (Å²) in [5.74, 6) is 0. The zero-order chi connectivity index (χ0) is 10.2. The van der Waals surface area contributed by atoms with Gasteiger partial charge in [-0.3, -0.25) is 0 Å². The fourth-order valence-corrected chi connectivity index (χ4v) is 1.67. The average molecular weight is 227 g/mol. The minimum atomic E-state index is 0.629. The molecule has 3 nitrogen and oxygen atoms in total. The Kier molecular flexibility index (Phi) is 5.17. The second-order valence-electron chi connectivity index (χ2n) is 2.65. The Morgan fingerprint density at radius 2 is 2.57 bits per heavy atom. The van der Waals surface area contributed by atoms with E-state index in [0.717, 1.165) is 24.5 Å². The highest BCUT2D eigenvalue weighted by Gasteiger charge is 1.97. The Bertz CT molecular complexity index is 282. The van der Waals surface area contributed by atoms with E-state index in [0.29, 0.717) is 5.11 Å². The molecule has 0 saturated heterocycles. The number of unbranched alkanes of at least 4 members (excludes halogenated alkanes) is 1. The first-order valence-corrected chi connectivity index (χ1v) is 5.67. The van der Waals surface area contributed by atoms with Crippen LogP contribution in [-0.4, -0.2) is 16.6 Å². The molecule has 0 aliphatic rings.